The molecule has 0 fully saturated rings. The van der Waals surface area contributed by atoms with Gasteiger partial charge in [-0.25, -0.2) is 0 Å². The van der Waals surface area contributed by atoms with Gasteiger partial charge in [0.05, 0.1) is 4.47 Å². The zero-order valence-electron chi connectivity index (χ0n) is 19.4. The van der Waals surface area contributed by atoms with Gasteiger partial charge in [0.2, 0.25) is 0 Å². The Hall–Kier alpha value is -3.41. The van der Waals surface area contributed by atoms with Crippen molar-refractivity contribution in [3.63, 3.8) is 0 Å². The van der Waals surface area contributed by atoms with Crippen LogP contribution in [-0.4, -0.2) is 18.4 Å². The molecule has 3 aromatic carbocycles. The third-order valence-electron chi connectivity index (χ3n) is 5.32. The zero-order chi connectivity index (χ0) is 25.5. The molecule has 0 heterocycles. The Morgan fingerprint density at radius 2 is 1.66 bits per heavy atom. The Bertz CT molecular complexity index is 1360. The van der Waals surface area contributed by atoms with E-state index in [1.165, 1.54) is 6.08 Å². The van der Waals surface area contributed by atoms with Crippen LogP contribution >= 0.6 is 31.9 Å². The lowest BCUT2D eigenvalue weighted by Crippen LogP contribution is -2.21. The third kappa shape index (κ3) is 6.81. The number of ether oxygens (including phenoxy) is 1. The van der Waals surface area contributed by atoms with E-state index in [2.05, 4.69) is 42.5 Å². The summed E-state index contributed by atoms with van der Waals surface area (Å²) in [5.41, 5.74) is 4.57. The van der Waals surface area contributed by atoms with Crippen molar-refractivity contribution in [3.05, 3.63) is 91.4 Å². The van der Waals surface area contributed by atoms with Crippen LogP contribution in [0.25, 0.3) is 6.08 Å². The van der Waals surface area contributed by atoms with Crippen LogP contribution in [-0.2, 0) is 9.59 Å². The number of benzene rings is 3. The van der Waals surface area contributed by atoms with Crippen LogP contribution in [0.2, 0.25) is 0 Å². The lowest BCUT2D eigenvalue weighted by Gasteiger charge is -2.14. The molecule has 178 valence electrons. The fraction of sp³-hybridized carbons (Fsp3) is 0.148. The highest BCUT2D eigenvalue weighted by Gasteiger charge is 2.16. The average Bonchev–Trinajstić information content (AvgIpc) is 2.81. The molecule has 0 saturated heterocycles. The second-order valence-electron chi connectivity index (χ2n) is 7.83. The summed E-state index contributed by atoms with van der Waals surface area (Å²) in [6.07, 6.45) is 1.44. The molecule has 0 aliphatic carbocycles. The van der Waals surface area contributed by atoms with Crippen molar-refractivity contribution in [1.82, 2.24) is 0 Å². The number of anilines is 2. The van der Waals surface area contributed by atoms with Crippen molar-refractivity contribution in [2.24, 2.45) is 0 Å². The van der Waals surface area contributed by atoms with Gasteiger partial charge in [0.1, 0.15) is 17.4 Å². The van der Waals surface area contributed by atoms with Gasteiger partial charge in [-0.1, -0.05) is 46.3 Å². The average molecular weight is 597 g/mol. The molecule has 6 nitrogen and oxygen atoms in total. The highest BCUT2D eigenvalue weighted by molar-refractivity contribution is 9.11. The number of hydrogen-bond donors (Lipinski definition) is 2. The van der Waals surface area contributed by atoms with E-state index in [-0.39, 0.29) is 18.1 Å². The number of carbonyl (C=O) groups excluding carboxylic acids is 2. The number of halogens is 2. The maximum atomic E-state index is 12.9. The van der Waals surface area contributed by atoms with Crippen molar-refractivity contribution in [2.75, 3.05) is 17.2 Å². The predicted octanol–water partition coefficient (Wildman–Crippen LogP) is 6.70. The first kappa shape index (κ1) is 26.2. The van der Waals surface area contributed by atoms with E-state index in [9.17, 15) is 14.9 Å². The Morgan fingerprint density at radius 1 is 0.971 bits per heavy atom. The van der Waals surface area contributed by atoms with Crippen LogP contribution < -0.4 is 15.4 Å². The summed E-state index contributed by atoms with van der Waals surface area (Å²) < 4.78 is 7.08. The fourth-order valence-electron chi connectivity index (χ4n) is 3.26. The number of nitriles is 1. The number of carbonyl (C=O) groups is 2. The predicted molar refractivity (Wildman–Crippen MR) is 145 cm³/mol. The minimum absolute atomic E-state index is 0.106. The first-order valence-corrected chi connectivity index (χ1v) is 12.2. The molecule has 0 radical (unpaired) electrons. The van der Waals surface area contributed by atoms with Crippen LogP contribution in [0.4, 0.5) is 11.4 Å². The van der Waals surface area contributed by atoms with Crippen LogP contribution in [0.3, 0.4) is 0 Å². The second-order valence-corrected chi connectivity index (χ2v) is 9.60. The van der Waals surface area contributed by atoms with E-state index in [0.29, 0.717) is 31.6 Å². The van der Waals surface area contributed by atoms with Gasteiger partial charge in [-0.2, -0.15) is 5.26 Å². The number of hydrogen-bond acceptors (Lipinski definition) is 4. The Morgan fingerprint density at radius 3 is 2.37 bits per heavy atom. The molecule has 0 aliphatic heterocycles. The molecule has 3 aromatic rings. The van der Waals surface area contributed by atoms with Gasteiger partial charge in [0, 0.05) is 21.4 Å². The molecule has 0 unspecified atom stereocenters. The van der Waals surface area contributed by atoms with E-state index in [1.807, 2.05) is 63.2 Å². The van der Waals surface area contributed by atoms with E-state index >= 15 is 0 Å². The largest absolute Gasteiger partial charge is 0.482 e. The third-order valence-corrected chi connectivity index (χ3v) is 6.37. The molecule has 0 aromatic heterocycles. The number of amides is 2. The maximum Gasteiger partial charge on any atom is 0.266 e. The summed E-state index contributed by atoms with van der Waals surface area (Å²) in [6.45, 7) is 5.49. The zero-order valence-corrected chi connectivity index (χ0v) is 22.6. The smallest absolute Gasteiger partial charge is 0.266 e. The van der Waals surface area contributed by atoms with Crippen molar-refractivity contribution in [2.45, 2.75) is 20.8 Å². The van der Waals surface area contributed by atoms with Crippen molar-refractivity contribution in [1.29, 1.82) is 5.26 Å². The van der Waals surface area contributed by atoms with Gasteiger partial charge in [-0.3, -0.25) is 9.59 Å². The van der Waals surface area contributed by atoms with Gasteiger partial charge < -0.3 is 15.4 Å². The molecule has 0 atom stereocenters. The molecule has 0 aliphatic rings. The molecule has 2 N–H and O–H groups in total. The lowest BCUT2D eigenvalue weighted by molar-refractivity contribution is -0.118. The van der Waals surface area contributed by atoms with Crippen molar-refractivity contribution >= 4 is 61.1 Å². The lowest BCUT2D eigenvalue weighted by atomic mass is 10.1. The van der Waals surface area contributed by atoms with Gasteiger partial charge in [0.15, 0.2) is 6.61 Å². The summed E-state index contributed by atoms with van der Waals surface area (Å²) in [5.74, 6) is -0.543. The van der Waals surface area contributed by atoms with Crippen LogP contribution in [0.15, 0.2) is 69.1 Å². The summed E-state index contributed by atoms with van der Waals surface area (Å²) in [7, 11) is 0. The molecule has 0 spiro atoms. The molecule has 3 rings (SSSR count). The van der Waals surface area contributed by atoms with Gasteiger partial charge >= 0.3 is 0 Å². The molecule has 0 saturated carbocycles. The maximum absolute atomic E-state index is 12.9. The number of nitrogens with one attached hydrogen (secondary N) is 2. The van der Waals surface area contributed by atoms with Gasteiger partial charge in [-0.15, -0.1) is 0 Å². The van der Waals surface area contributed by atoms with Crippen LogP contribution in [0, 0.1) is 32.1 Å². The van der Waals surface area contributed by atoms with E-state index < -0.39 is 5.91 Å². The minimum atomic E-state index is -0.541. The SMILES string of the molecule is Cc1ccccc1NC(=O)COc1c(Br)cc(Br)cc1/C=C(/C#N)C(=O)Nc1cccc(C)c1C. The first-order chi connectivity index (χ1) is 16.7. The second kappa shape index (κ2) is 11.8. The van der Waals surface area contributed by atoms with Gasteiger partial charge in [0.25, 0.3) is 11.8 Å². The summed E-state index contributed by atoms with van der Waals surface area (Å²) >= 11 is 6.87. The number of nitrogens with zero attached hydrogens (tertiary/aromatic N) is 1. The van der Waals surface area contributed by atoms with Gasteiger partial charge in [-0.05, 0) is 83.7 Å². The van der Waals surface area contributed by atoms with Crippen molar-refractivity contribution in [3.8, 4) is 11.8 Å². The van der Waals surface area contributed by atoms with E-state index in [4.69, 9.17) is 4.74 Å². The topological polar surface area (TPSA) is 91.2 Å². The number of para-hydroxylation sites is 1. The molecule has 8 heteroatoms. The number of aryl methyl sites for hydroxylation is 2. The summed E-state index contributed by atoms with van der Waals surface area (Å²) in [5, 5.41) is 15.3. The Balaban J connectivity index is 1.83. The Kier molecular flexibility index (Phi) is 8.85. The van der Waals surface area contributed by atoms with Crippen molar-refractivity contribution < 1.29 is 14.3 Å². The molecule has 35 heavy (non-hydrogen) atoms. The summed E-state index contributed by atoms with van der Waals surface area (Å²) in [4.78, 5) is 25.3. The minimum Gasteiger partial charge on any atom is -0.482 e. The van der Waals surface area contributed by atoms with Crippen LogP contribution in [0.1, 0.15) is 22.3 Å². The molecular formula is C27H23Br2N3O3. The molecule has 0 bridgehead atoms. The Labute approximate surface area is 221 Å². The quantitative estimate of drug-likeness (QED) is 0.234. The molecular weight excluding hydrogens is 574 g/mol. The standard InChI is InChI=1S/C27H23Br2N3O3/c1-16-8-6-10-24(18(16)3)32-27(34)20(14-30)11-19-12-21(28)13-22(29)26(19)35-15-25(33)31-23-9-5-4-7-17(23)2/h4-13H,15H2,1-3H3,(H,31,33)(H,32,34)/b20-11-. The van der Waals surface area contributed by atoms with E-state index in [1.54, 1.807) is 18.2 Å². The number of rotatable bonds is 7. The highest BCUT2D eigenvalue weighted by atomic mass is 79.9. The monoisotopic (exact) mass is 595 g/mol. The highest BCUT2D eigenvalue weighted by Crippen LogP contribution is 2.34. The first-order valence-electron chi connectivity index (χ1n) is 10.7. The summed E-state index contributed by atoms with van der Waals surface area (Å²) in [6, 6.07) is 18.4. The normalized spacial score (nSPS) is 10.9. The van der Waals surface area contributed by atoms with E-state index in [0.717, 1.165) is 16.7 Å². The fourth-order valence-corrected chi connectivity index (χ4v) is 4.63. The van der Waals surface area contributed by atoms with Crippen LogP contribution in [0.5, 0.6) is 5.75 Å². The molecule has 2 amide bonds.